The van der Waals surface area contributed by atoms with Crippen LogP contribution < -0.4 is 10.4 Å². The summed E-state index contributed by atoms with van der Waals surface area (Å²) in [5.41, 5.74) is -0.336. The fourth-order valence-electron chi connectivity index (χ4n) is 2.75. The molecule has 0 N–H and O–H groups in total. The van der Waals surface area contributed by atoms with Gasteiger partial charge in [-0.2, -0.15) is 0 Å². The van der Waals surface area contributed by atoms with Gasteiger partial charge in [-0.05, 0) is 38.0 Å². The van der Waals surface area contributed by atoms with Gasteiger partial charge in [0.2, 0.25) is 0 Å². The molecule has 4 nitrogen and oxygen atoms in total. The summed E-state index contributed by atoms with van der Waals surface area (Å²) in [7, 11) is 3.35. The average molecular weight is 266 g/mol. The Kier molecular flexibility index (Phi) is 5.02. The lowest BCUT2D eigenvalue weighted by Gasteiger charge is -2.27. The van der Waals surface area contributed by atoms with Gasteiger partial charge in [0.25, 0.3) is 0 Å². The van der Waals surface area contributed by atoms with Crippen LogP contribution in [0.25, 0.3) is 0 Å². The predicted octanol–water partition coefficient (Wildman–Crippen LogP) is 2.79. The van der Waals surface area contributed by atoms with Gasteiger partial charge < -0.3 is 13.9 Å². The predicted molar refractivity (Wildman–Crippen MR) is 72.6 cm³/mol. The highest BCUT2D eigenvalue weighted by atomic mass is 16.5. The van der Waals surface area contributed by atoms with Gasteiger partial charge in [-0.25, -0.2) is 4.79 Å². The molecule has 0 bridgehead atoms. The highest BCUT2D eigenvalue weighted by Crippen LogP contribution is 2.29. The number of methoxy groups -OCH3 is 2. The van der Waals surface area contributed by atoms with Gasteiger partial charge in [0.15, 0.2) is 0 Å². The second-order valence-electron chi connectivity index (χ2n) is 5.20. The summed E-state index contributed by atoms with van der Waals surface area (Å²) < 4.78 is 15.6. The second-order valence-corrected chi connectivity index (χ2v) is 5.20. The van der Waals surface area contributed by atoms with Crippen LogP contribution in [0.15, 0.2) is 21.3 Å². The third-order valence-electron chi connectivity index (χ3n) is 3.96. The van der Waals surface area contributed by atoms with Gasteiger partial charge in [-0.15, -0.1) is 0 Å². The molecular weight excluding hydrogens is 244 g/mol. The standard InChI is InChI=1S/C15H22O4/c1-17-12-6-3-11(4-7-12)5-8-13-9-14(18-2)10-15(16)19-13/h9-12H,3-8H2,1-2H3. The normalized spacial score (nSPS) is 23.3. The molecule has 1 aliphatic rings. The van der Waals surface area contributed by atoms with E-state index in [4.69, 9.17) is 13.9 Å². The molecular formula is C15H22O4. The SMILES string of the molecule is COc1cc(CCC2CCC(OC)CC2)oc(=O)c1. The number of aryl methyl sites for hydroxylation is 1. The van der Waals surface area contributed by atoms with Crippen LogP contribution in [-0.2, 0) is 11.2 Å². The number of rotatable bonds is 5. The molecule has 1 heterocycles. The van der Waals surface area contributed by atoms with Crippen LogP contribution in [-0.4, -0.2) is 20.3 Å². The van der Waals surface area contributed by atoms with Crippen LogP contribution in [0, 0.1) is 5.92 Å². The van der Waals surface area contributed by atoms with E-state index in [1.54, 1.807) is 14.2 Å². The summed E-state index contributed by atoms with van der Waals surface area (Å²) in [6.07, 6.45) is 6.98. The molecule has 106 valence electrons. The Hall–Kier alpha value is -1.29. The maximum atomic E-state index is 11.3. The van der Waals surface area contributed by atoms with Gasteiger partial charge in [0.1, 0.15) is 11.5 Å². The first kappa shape index (κ1) is 14.1. The van der Waals surface area contributed by atoms with Crippen molar-refractivity contribution >= 4 is 0 Å². The monoisotopic (exact) mass is 266 g/mol. The van der Waals surface area contributed by atoms with E-state index in [1.165, 1.54) is 18.9 Å². The highest BCUT2D eigenvalue weighted by Gasteiger charge is 2.20. The smallest absolute Gasteiger partial charge is 0.339 e. The average Bonchev–Trinajstić information content (AvgIpc) is 2.45. The van der Waals surface area contributed by atoms with Crippen molar-refractivity contribution in [2.45, 2.75) is 44.6 Å². The molecule has 0 amide bonds. The molecule has 1 aromatic heterocycles. The van der Waals surface area contributed by atoms with Crippen LogP contribution in [0.5, 0.6) is 5.75 Å². The number of ether oxygens (including phenoxy) is 2. The van der Waals surface area contributed by atoms with E-state index in [-0.39, 0.29) is 5.63 Å². The minimum Gasteiger partial charge on any atom is -0.496 e. The Balaban J connectivity index is 1.85. The molecule has 0 atom stereocenters. The lowest BCUT2D eigenvalue weighted by atomic mass is 9.84. The van der Waals surface area contributed by atoms with Crippen LogP contribution >= 0.6 is 0 Å². The third kappa shape index (κ3) is 4.10. The van der Waals surface area contributed by atoms with E-state index in [0.29, 0.717) is 17.8 Å². The van der Waals surface area contributed by atoms with Crippen molar-refractivity contribution in [3.05, 3.63) is 28.3 Å². The van der Waals surface area contributed by atoms with E-state index >= 15 is 0 Å². The second kappa shape index (κ2) is 6.75. The molecule has 0 saturated heterocycles. The van der Waals surface area contributed by atoms with E-state index in [2.05, 4.69) is 0 Å². The maximum absolute atomic E-state index is 11.3. The highest BCUT2D eigenvalue weighted by molar-refractivity contribution is 5.20. The van der Waals surface area contributed by atoms with E-state index in [0.717, 1.165) is 31.4 Å². The summed E-state index contributed by atoms with van der Waals surface area (Å²) in [5, 5.41) is 0. The van der Waals surface area contributed by atoms with E-state index in [9.17, 15) is 4.79 Å². The van der Waals surface area contributed by atoms with Crippen molar-refractivity contribution in [2.24, 2.45) is 5.92 Å². The molecule has 4 heteroatoms. The number of hydrogen-bond donors (Lipinski definition) is 0. The van der Waals surface area contributed by atoms with Gasteiger partial charge in [0, 0.05) is 19.6 Å². The van der Waals surface area contributed by atoms with Crippen molar-refractivity contribution in [3.63, 3.8) is 0 Å². The van der Waals surface area contributed by atoms with Crippen molar-refractivity contribution in [1.82, 2.24) is 0 Å². The quantitative estimate of drug-likeness (QED) is 0.822. The fraction of sp³-hybridized carbons (Fsp3) is 0.667. The topological polar surface area (TPSA) is 48.7 Å². The summed E-state index contributed by atoms with van der Waals surface area (Å²) >= 11 is 0. The van der Waals surface area contributed by atoms with Crippen LogP contribution in [0.4, 0.5) is 0 Å². The summed E-state index contributed by atoms with van der Waals surface area (Å²) in [6.45, 7) is 0. The Morgan fingerprint density at radius 3 is 2.58 bits per heavy atom. The first-order chi connectivity index (χ1) is 9.21. The zero-order valence-electron chi connectivity index (χ0n) is 11.7. The van der Waals surface area contributed by atoms with Gasteiger partial charge in [0.05, 0.1) is 19.3 Å². The zero-order chi connectivity index (χ0) is 13.7. The van der Waals surface area contributed by atoms with Crippen molar-refractivity contribution < 1.29 is 13.9 Å². The molecule has 1 fully saturated rings. The lowest BCUT2D eigenvalue weighted by molar-refractivity contribution is 0.0554. The van der Waals surface area contributed by atoms with Crippen LogP contribution in [0.3, 0.4) is 0 Å². The van der Waals surface area contributed by atoms with Gasteiger partial charge in [-0.1, -0.05) is 0 Å². The first-order valence-electron chi connectivity index (χ1n) is 6.92. The lowest BCUT2D eigenvalue weighted by Crippen LogP contribution is -2.20. The molecule has 0 aromatic carbocycles. The van der Waals surface area contributed by atoms with Crippen molar-refractivity contribution in [2.75, 3.05) is 14.2 Å². The zero-order valence-corrected chi connectivity index (χ0v) is 11.7. The Bertz CT molecular complexity index is 444. The molecule has 0 radical (unpaired) electrons. The summed E-state index contributed by atoms with van der Waals surface area (Å²) in [6, 6.07) is 3.18. The Labute approximate surface area is 113 Å². The minimum absolute atomic E-state index is 0.336. The molecule has 2 rings (SSSR count). The van der Waals surface area contributed by atoms with Crippen LogP contribution in [0.1, 0.15) is 37.9 Å². The maximum Gasteiger partial charge on any atom is 0.339 e. The van der Waals surface area contributed by atoms with Crippen molar-refractivity contribution in [1.29, 1.82) is 0 Å². The molecule has 19 heavy (non-hydrogen) atoms. The fourth-order valence-corrected chi connectivity index (χ4v) is 2.75. The van der Waals surface area contributed by atoms with Gasteiger partial charge in [-0.3, -0.25) is 0 Å². The Morgan fingerprint density at radius 2 is 1.95 bits per heavy atom. The van der Waals surface area contributed by atoms with Crippen molar-refractivity contribution in [3.8, 4) is 5.75 Å². The molecule has 1 aromatic rings. The summed E-state index contributed by atoms with van der Waals surface area (Å²) in [5.74, 6) is 2.01. The van der Waals surface area contributed by atoms with Crippen LogP contribution in [0.2, 0.25) is 0 Å². The molecule has 1 saturated carbocycles. The number of hydrogen-bond acceptors (Lipinski definition) is 4. The third-order valence-corrected chi connectivity index (χ3v) is 3.96. The molecule has 0 spiro atoms. The van der Waals surface area contributed by atoms with E-state index < -0.39 is 0 Å². The molecule has 0 aliphatic heterocycles. The molecule has 1 aliphatic carbocycles. The Morgan fingerprint density at radius 1 is 1.21 bits per heavy atom. The van der Waals surface area contributed by atoms with Gasteiger partial charge >= 0.3 is 5.63 Å². The minimum atomic E-state index is -0.336. The van der Waals surface area contributed by atoms with E-state index in [1.807, 2.05) is 6.07 Å². The largest absolute Gasteiger partial charge is 0.496 e. The first-order valence-corrected chi connectivity index (χ1v) is 6.92. The molecule has 0 unspecified atom stereocenters. The summed E-state index contributed by atoms with van der Waals surface area (Å²) in [4.78, 5) is 11.3.